The molecule has 0 saturated carbocycles. The Hall–Kier alpha value is -1.77. The number of carbonyl (C=O) groups excluding carboxylic acids is 1. The zero-order valence-corrected chi connectivity index (χ0v) is 14.2. The Bertz CT molecular complexity index is 761. The van der Waals surface area contributed by atoms with E-state index in [0.29, 0.717) is 13.0 Å². The lowest BCUT2D eigenvalue weighted by Gasteiger charge is -2.15. The molecule has 2 rings (SSSR count). The molecule has 5 nitrogen and oxygen atoms in total. The summed E-state index contributed by atoms with van der Waals surface area (Å²) in [5.74, 6) is -0.723. The maximum Gasteiger partial charge on any atom is 0.252 e. The van der Waals surface area contributed by atoms with Crippen molar-refractivity contribution in [1.29, 1.82) is 0 Å². The van der Waals surface area contributed by atoms with Crippen LogP contribution in [0.15, 0.2) is 46.0 Å². The van der Waals surface area contributed by atoms with E-state index in [-0.39, 0.29) is 16.6 Å². The number of carbonyl (C=O) groups is 1. The number of nitrogens with zero attached hydrogens (tertiary/aromatic N) is 1. The molecule has 0 bridgehead atoms. The van der Waals surface area contributed by atoms with Crippen LogP contribution in [-0.4, -0.2) is 38.8 Å². The van der Waals surface area contributed by atoms with Gasteiger partial charge in [0.05, 0.1) is 6.54 Å². The van der Waals surface area contributed by atoms with Crippen LogP contribution in [0.1, 0.15) is 5.56 Å². The third-order valence-corrected chi connectivity index (χ3v) is 6.33. The van der Waals surface area contributed by atoms with Gasteiger partial charge in [0.1, 0.15) is 10.0 Å². The third kappa shape index (κ3) is 4.85. The molecule has 0 atom stereocenters. The summed E-state index contributed by atoms with van der Waals surface area (Å²) in [4.78, 5) is 11.8. The van der Waals surface area contributed by atoms with E-state index < -0.39 is 15.9 Å². The number of halogens is 1. The van der Waals surface area contributed by atoms with E-state index in [2.05, 4.69) is 5.32 Å². The Morgan fingerprint density at radius 1 is 1.30 bits per heavy atom. The van der Waals surface area contributed by atoms with E-state index in [0.717, 1.165) is 21.2 Å². The second-order valence-electron chi connectivity index (χ2n) is 4.92. The molecular weight excluding hydrogens is 339 g/mol. The molecule has 8 heteroatoms. The van der Waals surface area contributed by atoms with Crippen LogP contribution >= 0.6 is 11.3 Å². The molecule has 1 amide bonds. The lowest BCUT2D eigenvalue weighted by Crippen LogP contribution is -2.38. The Morgan fingerprint density at radius 3 is 2.74 bits per heavy atom. The quantitative estimate of drug-likeness (QED) is 0.824. The van der Waals surface area contributed by atoms with Gasteiger partial charge in [0.15, 0.2) is 0 Å². The van der Waals surface area contributed by atoms with Gasteiger partial charge in [-0.15, -0.1) is 11.3 Å². The number of nitrogens with one attached hydrogen (secondary N) is 1. The maximum atomic E-state index is 13.0. The first kappa shape index (κ1) is 17.6. The number of benzene rings is 1. The molecule has 0 aliphatic rings. The van der Waals surface area contributed by atoms with Gasteiger partial charge in [0, 0.05) is 13.6 Å². The summed E-state index contributed by atoms with van der Waals surface area (Å²) in [7, 11) is -2.27. The number of hydrogen-bond donors (Lipinski definition) is 1. The van der Waals surface area contributed by atoms with Gasteiger partial charge in [0.2, 0.25) is 5.91 Å². The zero-order chi connectivity index (χ0) is 16.9. The maximum absolute atomic E-state index is 13.0. The van der Waals surface area contributed by atoms with Gasteiger partial charge >= 0.3 is 0 Å². The highest BCUT2D eigenvalue weighted by molar-refractivity contribution is 7.91. The number of rotatable bonds is 7. The van der Waals surface area contributed by atoms with E-state index >= 15 is 0 Å². The van der Waals surface area contributed by atoms with Crippen LogP contribution in [0.3, 0.4) is 0 Å². The van der Waals surface area contributed by atoms with Crippen LogP contribution in [0.4, 0.5) is 4.39 Å². The highest BCUT2D eigenvalue weighted by atomic mass is 32.2. The number of sulfonamides is 1. The standard InChI is InChI=1S/C15H17FN2O3S2/c1-18(23(20,21)15-6-3-9-22-15)11-14(19)17-8-7-12-4-2-5-13(16)10-12/h2-6,9-10H,7-8,11H2,1H3,(H,17,19). The summed E-state index contributed by atoms with van der Waals surface area (Å²) in [5, 5.41) is 4.30. The van der Waals surface area contributed by atoms with Crippen LogP contribution < -0.4 is 5.32 Å². The minimum absolute atomic E-state index is 0.201. The van der Waals surface area contributed by atoms with Crippen molar-refractivity contribution in [2.75, 3.05) is 20.1 Å². The van der Waals surface area contributed by atoms with Gasteiger partial charge in [-0.3, -0.25) is 4.79 Å². The molecule has 0 spiro atoms. The topological polar surface area (TPSA) is 66.5 Å². The van der Waals surface area contributed by atoms with Gasteiger partial charge in [-0.05, 0) is 35.6 Å². The first-order valence-electron chi connectivity index (χ1n) is 6.90. The monoisotopic (exact) mass is 356 g/mol. The first-order valence-corrected chi connectivity index (χ1v) is 9.22. The predicted octanol–water partition coefficient (Wildman–Crippen LogP) is 1.87. The van der Waals surface area contributed by atoms with Crippen molar-refractivity contribution in [3.8, 4) is 0 Å². The Kier molecular flexibility index (Phi) is 5.86. The van der Waals surface area contributed by atoms with Crippen LogP contribution in [0.5, 0.6) is 0 Å². The van der Waals surface area contributed by atoms with Gasteiger partial charge in [-0.2, -0.15) is 4.31 Å². The van der Waals surface area contributed by atoms with Crippen molar-refractivity contribution in [1.82, 2.24) is 9.62 Å². The summed E-state index contributed by atoms with van der Waals surface area (Å²) < 4.78 is 38.6. The van der Waals surface area contributed by atoms with Crippen molar-refractivity contribution in [2.45, 2.75) is 10.6 Å². The molecule has 0 aliphatic heterocycles. The number of amides is 1. The molecule has 1 N–H and O–H groups in total. The predicted molar refractivity (Wildman–Crippen MR) is 87.2 cm³/mol. The highest BCUT2D eigenvalue weighted by Crippen LogP contribution is 2.19. The molecule has 1 aromatic heterocycles. The minimum atomic E-state index is -3.63. The molecule has 23 heavy (non-hydrogen) atoms. The van der Waals surface area contributed by atoms with Gasteiger partial charge in [-0.1, -0.05) is 18.2 Å². The minimum Gasteiger partial charge on any atom is -0.355 e. The molecular formula is C15H17FN2O3S2. The van der Waals surface area contributed by atoms with E-state index in [9.17, 15) is 17.6 Å². The van der Waals surface area contributed by atoms with Crippen molar-refractivity contribution < 1.29 is 17.6 Å². The van der Waals surface area contributed by atoms with E-state index in [1.165, 1.54) is 25.2 Å². The molecule has 0 fully saturated rings. The summed E-state index contributed by atoms with van der Waals surface area (Å²) in [5.41, 5.74) is 0.768. The normalized spacial score (nSPS) is 11.6. The van der Waals surface area contributed by atoms with Crippen molar-refractivity contribution in [2.24, 2.45) is 0 Å². The number of hydrogen-bond acceptors (Lipinski definition) is 4. The molecule has 2 aromatic rings. The number of thiophene rings is 1. The zero-order valence-electron chi connectivity index (χ0n) is 12.5. The van der Waals surface area contributed by atoms with Gasteiger partial charge < -0.3 is 5.32 Å². The fraction of sp³-hybridized carbons (Fsp3) is 0.267. The first-order chi connectivity index (χ1) is 10.9. The number of likely N-dealkylation sites (N-methyl/N-ethyl adjacent to an activating group) is 1. The molecule has 0 unspecified atom stereocenters. The van der Waals surface area contributed by atoms with Crippen LogP contribution in [0.2, 0.25) is 0 Å². The summed E-state index contributed by atoms with van der Waals surface area (Å²) in [6.07, 6.45) is 0.477. The van der Waals surface area contributed by atoms with Crippen molar-refractivity contribution in [3.63, 3.8) is 0 Å². The van der Waals surface area contributed by atoms with Gasteiger partial charge in [-0.25, -0.2) is 12.8 Å². The average Bonchev–Trinajstić information content (AvgIpc) is 3.02. The van der Waals surface area contributed by atoms with E-state index in [1.807, 2.05) is 0 Å². The SMILES string of the molecule is CN(CC(=O)NCCc1cccc(F)c1)S(=O)(=O)c1cccs1. The van der Waals surface area contributed by atoms with Crippen molar-refractivity contribution in [3.05, 3.63) is 53.2 Å². The van der Waals surface area contributed by atoms with Crippen LogP contribution in [-0.2, 0) is 21.2 Å². The summed E-state index contributed by atoms with van der Waals surface area (Å²) in [6, 6.07) is 9.27. The molecule has 0 saturated heterocycles. The fourth-order valence-electron chi connectivity index (χ4n) is 1.95. The molecule has 124 valence electrons. The largest absolute Gasteiger partial charge is 0.355 e. The summed E-state index contributed by atoms with van der Waals surface area (Å²) >= 11 is 1.10. The Labute approximate surface area is 138 Å². The Morgan fingerprint density at radius 2 is 2.09 bits per heavy atom. The third-order valence-electron chi connectivity index (χ3n) is 3.15. The smallest absolute Gasteiger partial charge is 0.252 e. The lowest BCUT2D eigenvalue weighted by atomic mass is 10.1. The van der Waals surface area contributed by atoms with Gasteiger partial charge in [0.25, 0.3) is 10.0 Å². The second-order valence-corrected chi connectivity index (χ2v) is 8.14. The molecule has 1 heterocycles. The highest BCUT2D eigenvalue weighted by Gasteiger charge is 2.23. The lowest BCUT2D eigenvalue weighted by molar-refractivity contribution is -0.121. The Balaban J connectivity index is 1.83. The second kappa shape index (κ2) is 7.67. The molecule has 0 radical (unpaired) electrons. The molecule has 0 aliphatic carbocycles. The molecule has 1 aromatic carbocycles. The summed E-state index contributed by atoms with van der Waals surface area (Å²) in [6.45, 7) is 0.0541. The van der Waals surface area contributed by atoms with E-state index in [4.69, 9.17) is 0 Å². The average molecular weight is 356 g/mol. The van der Waals surface area contributed by atoms with Crippen LogP contribution in [0, 0.1) is 5.82 Å². The van der Waals surface area contributed by atoms with Crippen molar-refractivity contribution >= 4 is 27.3 Å². The van der Waals surface area contributed by atoms with E-state index in [1.54, 1.807) is 23.6 Å². The fourth-order valence-corrected chi connectivity index (χ4v) is 4.27. The van der Waals surface area contributed by atoms with Crippen LogP contribution in [0.25, 0.3) is 0 Å².